The third kappa shape index (κ3) is 3.19. The fraction of sp³-hybridized carbons (Fsp3) is 0.500. The molecule has 17 heavy (non-hydrogen) atoms. The number of hydrogen-bond acceptors (Lipinski definition) is 1. The fourth-order valence-corrected chi connectivity index (χ4v) is 1.81. The van der Waals surface area contributed by atoms with Crippen molar-refractivity contribution in [1.29, 1.82) is 0 Å². The lowest BCUT2D eigenvalue weighted by Gasteiger charge is -2.22. The molecule has 0 saturated carbocycles. The lowest BCUT2D eigenvalue weighted by Crippen LogP contribution is -2.23. The van der Waals surface area contributed by atoms with Crippen LogP contribution in [0, 0.1) is 11.7 Å². The Morgan fingerprint density at radius 3 is 2.18 bits per heavy atom. The number of rotatable bonds is 3. The molecule has 0 spiro atoms. The molecule has 0 heterocycles. The van der Waals surface area contributed by atoms with Crippen molar-refractivity contribution < 1.29 is 17.6 Å². The van der Waals surface area contributed by atoms with Gasteiger partial charge in [0.2, 0.25) is 0 Å². The fourth-order valence-electron chi connectivity index (χ4n) is 1.81. The minimum absolute atomic E-state index is 0.00187. The molecule has 0 aliphatic heterocycles. The first-order valence-electron chi connectivity index (χ1n) is 5.31. The van der Waals surface area contributed by atoms with E-state index in [4.69, 9.17) is 0 Å². The Labute approximate surface area is 97.8 Å². The Morgan fingerprint density at radius 1 is 1.18 bits per heavy atom. The molecule has 1 aromatic carbocycles. The van der Waals surface area contributed by atoms with Gasteiger partial charge in [0.05, 0.1) is 5.56 Å². The quantitative estimate of drug-likeness (QED) is 0.804. The van der Waals surface area contributed by atoms with Crippen LogP contribution in [0.2, 0.25) is 0 Å². The molecule has 1 rings (SSSR count). The number of benzene rings is 1. The van der Waals surface area contributed by atoms with Crippen molar-refractivity contribution in [2.75, 3.05) is 7.05 Å². The molecule has 1 aromatic rings. The summed E-state index contributed by atoms with van der Waals surface area (Å²) in [6.07, 6.45) is -4.45. The molecule has 0 bridgehead atoms. The van der Waals surface area contributed by atoms with Crippen LogP contribution in [-0.2, 0) is 6.18 Å². The first-order valence-corrected chi connectivity index (χ1v) is 5.31. The van der Waals surface area contributed by atoms with Crippen molar-refractivity contribution in [1.82, 2.24) is 5.32 Å². The van der Waals surface area contributed by atoms with E-state index < -0.39 is 23.6 Å². The van der Waals surface area contributed by atoms with Gasteiger partial charge in [-0.2, -0.15) is 13.2 Å². The second-order valence-corrected chi connectivity index (χ2v) is 4.24. The molecule has 0 aromatic heterocycles. The summed E-state index contributed by atoms with van der Waals surface area (Å²) < 4.78 is 51.1. The molecule has 0 aliphatic carbocycles. The monoisotopic (exact) mass is 249 g/mol. The number of nitrogens with one attached hydrogen (secondary N) is 1. The van der Waals surface area contributed by atoms with Crippen LogP contribution in [0.3, 0.4) is 0 Å². The lowest BCUT2D eigenvalue weighted by atomic mass is 9.94. The molecule has 0 saturated heterocycles. The van der Waals surface area contributed by atoms with Crippen molar-refractivity contribution in [3.8, 4) is 0 Å². The minimum atomic E-state index is -4.45. The third-order valence-corrected chi connectivity index (χ3v) is 2.64. The zero-order valence-electron chi connectivity index (χ0n) is 9.90. The molecule has 5 heteroatoms. The second-order valence-electron chi connectivity index (χ2n) is 4.24. The van der Waals surface area contributed by atoms with Gasteiger partial charge in [-0.1, -0.05) is 13.8 Å². The first kappa shape index (κ1) is 14.0. The predicted octanol–water partition coefficient (Wildman–Crippen LogP) is 3.76. The van der Waals surface area contributed by atoms with E-state index in [9.17, 15) is 17.6 Å². The lowest BCUT2D eigenvalue weighted by molar-refractivity contribution is -0.137. The van der Waals surface area contributed by atoms with Gasteiger partial charge in [0, 0.05) is 11.6 Å². The number of hydrogen-bond donors (Lipinski definition) is 1. The molecule has 1 atom stereocenters. The summed E-state index contributed by atoms with van der Waals surface area (Å²) in [5.74, 6) is -0.621. The maximum absolute atomic E-state index is 13.5. The molecule has 1 N–H and O–H groups in total. The summed E-state index contributed by atoms with van der Waals surface area (Å²) in [5.41, 5.74) is -0.771. The molecular formula is C12H15F4N. The molecular weight excluding hydrogens is 234 g/mol. The number of halogens is 4. The van der Waals surface area contributed by atoms with E-state index in [2.05, 4.69) is 5.32 Å². The van der Waals surface area contributed by atoms with Gasteiger partial charge < -0.3 is 5.32 Å². The Morgan fingerprint density at radius 2 is 1.76 bits per heavy atom. The smallest absolute Gasteiger partial charge is 0.313 e. The van der Waals surface area contributed by atoms with E-state index in [-0.39, 0.29) is 11.5 Å². The van der Waals surface area contributed by atoms with Gasteiger partial charge in [-0.3, -0.25) is 0 Å². The molecule has 0 fully saturated rings. The molecule has 0 radical (unpaired) electrons. The van der Waals surface area contributed by atoms with Crippen LogP contribution in [0.5, 0.6) is 0 Å². The first-order chi connectivity index (χ1) is 7.77. The minimum Gasteiger partial charge on any atom is -0.313 e. The number of alkyl halides is 3. The molecule has 0 amide bonds. The highest BCUT2D eigenvalue weighted by atomic mass is 19.4. The Hall–Kier alpha value is -1.10. The summed E-state index contributed by atoms with van der Waals surface area (Å²) in [7, 11) is 1.60. The van der Waals surface area contributed by atoms with Gasteiger partial charge in [0.1, 0.15) is 5.82 Å². The predicted molar refractivity (Wildman–Crippen MR) is 58.0 cm³/mol. The topological polar surface area (TPSA) is 12.0 Å². The van der Waals surface area contributed by atoms with E-state index in [0.717, 1.165) is 18.2 Å². The van der Waals surface area contributed by atoms with Crippen LogP contribution in [0.4, 0.5) is 17.6 Å². The highest BCUT2D eigenvalue weighted by Gasteiger charge is 2.32. The van der Waals surface area contributed by atoms with Gasteiger partial charge in [0.25, 0.3) is 0 Å². The van der Waals surface area contributed by atoms with Crippen molar-refractivity contribution in [2.24, 2.45) is 5.92 Å². The van der Waals surface area contributed by atoms with E-state index >= 15 is 0 Å². The molecule has 96 valence electrons. The molecule has 1 nitrogen and oxygen atoms in total. The van der Waals surface area contributed by atoms with Crippen LogP contribution in [0.1, 0.15) is 31.0 Å². The Kier molecular flexibility index (Phi) is 4.14. The summed E-state index contributed by atoms with van der Waals surface area (Å²) in [6.45, 7) is 3.64. The van der Waals surface area contributed by atoms with Crippen LogP contribution < -0.4 is 5.32 Å². The normalized spacial score (nSPS) is 14.1. The maximum atomic E-state index is 13.5. The van der Waals surface area contributed by atoms with Crippen LogP contribution in [0.25, 0.3) is 0 Å². The van der Waals surface area contributed by atoms with Gasteiger partial charge >= 0.3 is 6.18 Å². The average Bonchev–Trinajstić information content (AvgIpc) is 2.19. The Bertz CT molecular complexity index is 385. The van der Waals surface area contributed by atoms with E-state index in [1.807, 2.05) is 13.8 Å². The average molecular weight is 249 g/mol. The summed E-state index contributed by atoms with van der Waals surface area (Å²) in [4.78, 5) is 0. The largest absolute Gasteiger partial charge is 0.416 e. The maximum Gasteiger partial charge on any atom is 0.416 e. The van der Waals surface area contributed by atoms with E-state index in [1.165, 1.54) is 0 Å². The van der Waals surface area contributed by atoms with Crippen LogP contribution in [-0.4, -0.2) is 7.05 Å². The van der Waals surface area contributed by atoms with Crippen molar-refractivity contribution in [3.05, 3.63) is 35.1 Å². The highest BCUT2D eigenvalue weighted by Crippen LogP contribution is 2.33. The standard InChI is InChI=1S/C12H15F4N/c1-7(2)11(17-3)9-6-8(12(14,15)16)4-5-10(9)13/h4-7,11,17H,1-3H3. The van der Waals surface area contributed by atoms with E-state index in [0.29, 0.717) is 0 Å². The molecule has 1 unspecified atom stereocenters. The van der Waals surface area contributed by atoms with Gasteiger partial charge in [-0.05, 0) is 31.2 Å². The van der Waals surface area contributed by atoms with Crippen molar-refractivity contribution in [2.45, 2.75) is 26.1 Å². The van der Waals surface area contributed by atoms with Crippen molar-refractivity contribution >= 4 is 0 Å². The van der Waals surface area contributed by atoms with Gasteiger partial charge in [-0.15, -0.1) is 0 Å². The van der Waals surface area contributed by atoms with Gasteiger partial charge in [0.15, 0.2) is 0 Å². The zero-order valence-corrected chi connectivity index (χ0v) is 9.90. The van der Waals surface area contributed by atoms with Gasteiger partial charge in [-0.25, -0.2) is 4.39 Å². The van der Waals surface area contributed by atoms with Crippen LogP contribution >= 0.6 is 0 Å². The summed E-state index contributed by atoms with van der Waals surface area (Å²) >= 11 is 0. The zero-order chi connectivity index (χ0) is 13.2. The summed E-state index contributed by atoms with van der Waals surface area (Å²) in [6, 6.07) is 2.06. The summed E-state index contributed by atoms with van der Waals surface area (Å²) in [5, 5.41) is 2.83. The van der Waals surface area contributed by atoms with Crippen molar-refractivity contribution in [3.63, 3.8) is 0 Å². The SMILES string of the molecule is CNC(c1cc(C(F)(F)F)ccc1F)C(C)C. The third-order valence-electron chi connectivity index (χ3n) is 2.64. The molecule has 0 aliphatic rings. The van der Waals surface area contributed by atoms with Crippen LogP contribution in [0.15, 0.2) is 18.2 Å². The Balaban J connectivity index is 3.23. The highest BCUT2D eigenvalue weighted by molar-refractivity contribution is 5.29. The van der Waals surface area contributed by atoms with E-state index in [1.54, 1.807) is 7.05 Å². The second kappa shape index (κ2) is 5.04.